The monoisotopic (exact) mass is 352 g/mol. The summed E-state index contributed by atoms with van der Waals surface area (Å²) in [6.07, 6.45) is 7.80. The fraction of sp³-hybridized carbons (Fsp3) is 0.450. The van der Waals surface area contributed by atoms with Gasteiger partial charge in [-0.05, 0) is 37.2 Å². The summed E-state index contributed by atoms with van der Waals surface area (Å²) < 4.78 is 0. The van der Waals surface area contributed by atoms with Crippen LogP contribution in [0.15, 0.2) is 42.9 Å². The first-order valence-electron chi connectivity index (χ1n) is 9.27. The highest BCUT2D eigenvalue weighted by Gasteiger charge is 2.37. The van der Waals surface area contributed by atoms with Crippen molar-refractivity contribution in [2.45, 2.75) is 37.8 Å². The van der Waals surface area contributed by atoms with Gasteiger partial charge in [-0.2, -0.15) is 0 Å². The minimum Gasteiger partial charge on any atom is -0.480 e. The highest BCUT2D eigenvalue weighted by atomic mass is 16.4. The number of carbonyl (C=O) groups is 1. The highest BCUT2D eigenvalue weighted by Crippen LogP contribution is 2.35. The van der Waals surface area contributed by atoms with Crippen molar-refractivity contribution >= 4 is 11.8 Å². The molecule has 0 atom stereocenters. The number of anilines is 1. The van der Waals surface area contributed by atoms with Crippen LogP contribution in [-0.4, -0.2) is 51.1 Å². The van der Waals surface area contributed by atoms with E-state index in [0.717, 1.165) is 36.3 Å². The van der Waals surface area contributed by atoms with Crippen LogP contribution in [0.3, 0.4) is 0 Å². The van der Waals surface area contributed by atoms with E-state index in [1.807, 2.05) is 24.4 Å². The van der Waals surface area contributed by atoms with E-state index in [4.69, 9.17) is 0 Å². The van der Waals surface area contributed by atoms with Gasteiger partial charge in [0.1, 0.15) is 12.1 Å². The largest absolute Gasteiger partial charge is 0.480 e. The minimum absolute atomic E-state index is 0.149. The molecule has 136 valence electrons. The van der Waals surface area contributed by atoms with Gasteiger partial charge in [0, 0.05) is 30.4 Å². The van der Waals surface area contributed by atoms with Crippen molar-refractivity contribution in [3.63, 3.8) is 0 Å². The van der Waals surface area contributed by atoms with Crippen LogP contribution in [0, 0.1) is 5.92 Å². The molecule has 2 fully saturated rings. The van der Waals surface area contributed by atoms with Crippen LogP contribution < -0.4 is 5.32 Å². The Morgan fingerprint density at radius 3 is 2.69 bits per heavy atom. The summed E-state index contributed by atoms with van der Waals surface area (Å²) in [5.41, 5.74) is 2.09. The molecule has 2 aliphatic carbocycles. The molecule has 1 aromatic heterocycles. The Hall–Kier alpha value is -2.47. The topological polar surface area (TPSA) is 78.4 Å². The molecule has 2 aromatic rings. The molecule has 2 N–H and O–H groups in total. The number of rotatable bonds is 8. The standard InChI is InChI=1S/C20H24N4O2/c25-19(26)12-24(11-14-6-7-14)17-8-16(9-17)23-20-18(10-21-13-22-20)15-4-2-1-3-5-15/h1-5,10,13-14,16-17H,6-9,11-12H2,(H,25,26)(H,21,22,23). The van der Waals surface area contributed by atoms with Gasteiger partial charge in [0.25, 0.3) is 0 Å². The van der Waals surface area contributed by atoms with Gasteiger partial charge in [-0.25, -0.2) is 9.97 Å². The Morgan fingerprint density at radius 1 is 1.23 bits per heavy atom. The molecule has 2 aliphatic rings. The van der Waals surface area contributed by atoms with Crippen LogP contribution in [-0.2, 0) is 4.79 Å². The number of carboxylic acids is 1. The predicted octanol–water partition coefficient (Wildman–Crippen LogP) is 2.88. The number of benzene rings is 1. The summed E-state index contributed by atoms with van der Waals surface area (Å²) in [6.45, 7) is 1.07. The molecule has 0 bridgehead atoms. The van der Waals surface area contributed by atoms with Crippen LogP contribution in [0.2, 0.25) is 0 Å². The van der Waals surface area contributed by atoms with Crippen molar-refractivity contribution < 1.29 is 9.90 Å². The number of hydrogen-bond acceptors (Lipinski definition) is 5. The summed E-state index contributed by atoms with van der Waals surface area (Å²) in [7, 11) is 0. The number of carboxylic acid groups (broad SMARTS) is 1. The summed E-state index contributed by atoms with van der Waals surface area (Å²) in [4.78, 5) is 21.9. The predicted molar refractivity (Wildman–Crippen MR) is 99.8 cm³/mol. The van der Waals surface area contributed by atoms with E-state index >= 15 is 0 Å². The fourth-order valence-electron chi connectivity index (χ4n) is 3.62. The number of hydrogen-bond donors (Lipinski definition) is 2. The third-order valence-electron chi connectivity index (χ3n) is 5.30. The molecule has 2 saturated carbocycles. The Balaban J connectivity index is 1.39. The van der Waals surface area contributed by atoms with Crippen molar-refractivity contribution in [3.05, 3.63) is 42.9 Å². The second-order valence-corrected chi connectivity index (χ2v) is 7.38. The maximum atomic E-state index is 11.2. The van der Waals surface area contributed by atoms with Crippen LogP contribution in [0.4, 0.5) is 5.82 Å². The quantitative estimate of drug-likeness (QED) is 0.761. The summed E-state index contributed by atoms with van der Waals surface area (Å²) in [5.74, 6) is 0.818. The zero-order valence-corrected chi connectivity index (χ0v) is 14.7. The third kappa shape index (κ3) is 4.02. The number of aromatic nitrogens is 2. The van der Waals surface area contributed by atoms with E-state index in [2.05, 4.69) is 32.3 Å². The number of nitrogens with one attached hydrogen (secondary N) is 1. The maximum absolute atomic E-state index is 11.2. The van der Waals surface area contributed by atoms with Gasteiger partial charge >= 0.3 is 5.97 Å². The Kier molecular flexibility index (Phi) is 4.84. The lowest BCUT2D eigenvalue weighted by atomic mass is 9.85. The van der Waals surface area contributed by atoms with Crippen molar-refractivity contribution in [3.8, 4) is 11.1 Å². The van der Waals surface area contributed by atoms with E-state index in [9.17, 15) is 9.90 Å². The third-order valence-corrected chi connectivity index (χ3v) is 5.30. The lowest BCUT2D eigenvalue weighted by Crippen LogP contribution is -2.52. The smallest absolute Gasteiger partial charge is 0.317 e. The first-order chi connectivity index (χ1) is 12.7. The lowest BCUT2D eigenvalue weighted by molar-refractivity contribution is -0.139. The molecule has 0 saturated heterocycles. The molecule has 0 unspecified atom stereocenters. The van der Waals surface area contributed by atoms with Crippen molar-refractivity contribution in [2.24, 2.45) is 5.92 Å². The Labute approximate surface area is 153 Å². The summed E-state index contributed by atoms with van der Waals surface area (Å²) in [5, 5.41) is 12.7. The van der Waals surface area contributed by atoms with Gasteiger partial charge in [-0.3, -0.25) is 9.69 Å². The lowest BCUT2D eigenvalue weighted by Gasteiger charge is -2.43. The van der Waals surface area contributed by atoms with Crippen molar-refractivity contribution in [1.29, 1.82) is 0 Å². The molecule has 0 spiro atoms. The van der Waals surface area contributed by atoms with Gasteiger partial charge in [0.05, 0.1) is 6.54 Å². The average Bonchev–Trinajstić information content (AvgIpc) is 3.42. The van der Waals surface area contributed by atoms with E-state index in [-0.39, 0.29) is 6.54 Å². The zero-order chi connectivity index (χ0) is 17.9. The highest BCUT2D eigenvalue weighted by molar-refractivity contribution is 5.74. The first-order valence-corrected chi connectivity index (χ1v) is 9.27. The van der Waals surface area contributed by atoms with Crippen molar-refractivity contribution in [1.82, 2.24) is 14.9 Å². The van der Waals surface area contributed by atoms with Crippen LogP contribution in [0.1, 0.15) is 25.7 Å². The number of aliphatic carboxylic acids is 1. The summed E-state index contributed by atoms with van der Waals surface area (Å²) in [6, 6.07) is 10.8. The van der Waals surface area contributed by atoms with Crippen LogP contribution >= 0.6 is 0 Å². The molecule has 1 heterocycles. The Bertz CT molecular complexity index is 757. The van der Waals surface area contributed by atoms with Crippen LogP contribution in [0.5, 0.6) is 0 Å². The van der Waals surface area contributed by atoms with E-state index in [1.165, 1.54) is 12.8 Å². The molecule has 0 radical (unpaired) electrons. The molecule has 4 rings (SSSR count). The van der Waals surface area contributed by atoms with Gasteiger partial charge in [-0.1, -0.05) is 30.3 Å². The zero-order valence-electron chi connectivity index (χ0n) is 14.7. The molecular formula is C20H24N4O2. The van der Waals surface area contributed by atoms with Gasteiger partial charge in [0.15, 0.2) is 0 Å². The SMILES string of the molecule is O=C(O)CN(CC1CC1)C1CC(Nc2ncncc2-c2ccccc2)C1. The average molecular weight is 352 g/mol. The van der Waals surface area contributed by atoms with E-state index < -0.39 is 5.97 Å². The normalized spacial score (nSPS) is 22.0. The van der Waals surface area contributed by atoms with Gasteiger partial charge < -0.3 is 10.4 Å². The fourth-order valence-corrected chi connectivity index (χ4v) is 3.62. The second-order valence-electron chi connectivity index (χ2n) is 7.38. The molecule has 0 aliphatic heterocycles. The maximum Gasteiger partial charge on any atom is 0.317 e. The summed E-state index contributed by atoms with van der Waals surface area (Å²) >= 11 is 0. The van der Waals surface area contributed by atoms with E-state index in [0.29, 0.717) is 18.0 Å². The molecule has 6 nitrogen and oxygen atoms in total. The second kappa shape index (κ2) is 7.41. The molecule has 26 heavy (non-hydrogen) atoms. The van der Waals surface area contributed by atoms with Gasteiger partial charge in [0.2, 0.25) is 0 Å². The van der Waals surface area contributed by atoms with E-state index in [1.54, 1.807) is 6.33 Å². The van der Waals surface area contributed by atoms with Crippen molar-refractivity contribution in [2.75, 3.05) is 18.4 Å². The van der Waals surface area contributed by atoms with Crippen LogP contribution in [0.25, 0.3) is 11.1 Å². The molecule has 6 heteroatoms. The minimum atomic E-state index is -0.732. The molecule has 0 amide bonds. The molecular weight excluding hydrogens is 328 g/mol. The first kappa shape index (κ1) is 17.0. The molecule has 1 aromatic carbocycles. The van der Waals surface area contributed by atoms with Gasteiger partial charge in [-0.15, -0.1) is 0 Å². The number of nitrogens with zero attached hydrogens (tertiary/aromatic N) is 3. The Morgan fingerprint density at radius 2 is 2.00 bits per heavy atom.